The zero-order valence-electron chi connectivity index (χ0n) is 17.0. The number of nitrogens with zero attached hydrogens (tertiary/aromatic N) is 1. The summed E-state index contributed by atoms with van der Waals surface area (Å²) in [4.78, 5) is 16.8. The molecule has 5 nitrogen and oxygen atoms in total. The first-order chi connectivity index (χ1) is 14.9. The maximum Gasteiger partial charge on any atom is 0.262 e. The number of hydrogen-bond acceptors (Lipinski definition) is 4. The third-order valence-corrected chi connectivity index (χ3v) is 5.84. The number of hydrogen-bond donors (Lipinski definition) is 1. The Labute approximate surface area is 193 Å². The van der Waals surface area contributed by atoms with Crippen LogP contribution in [0.5, 0.6) is 5.75 Å². The van der Waals surface area contributed by atoms with Crippen molar-refractivity contribution in [3.8, 4) is 17.2 Å². The minimum absolute atomic E-state index is 0.0955. The Morgan fingerprint density at radius 3 is 2.65 bits per heavy atom. The molecular formula is C24H20BrClN2O3. The maximum absolute atomic E-state index is 12.2. The predicted octanol–water partition coefficient (Wildman–Crippen LogP) is 6.80. The number of aromatic nitrogens is 1. The minimum Gasteiger partial charge on any atom is -0.484 e. The van der Waals surface area contributed by atoms with Crippen LogP contribution in [0, 0.1) is 6.92 Å². The Morgan fingerprint density at radius 2 is 1.94 bits per heavy atom. The van der Waals surface area contributed by atoms with E-state index in [9.17, 15) is 4.79 Å². The Balaban J connectivity index is 1.42. The lowest BCUT2D eigenvalue weighted by Gasteiger charge is -2.09. The zero-order chi connectivity index (χ0) is 22.0. The summed E-state index contributed by atoms with van der Waals surface area (Å²) < 4.78 is 12.4. The molecule has 0 bridgehead atoms. The predicted molar refractivity (Wildman–Crippen MR) is 127 cm³/mol. The average Bonchev–Trinajstić information content (AvgIpc) is 3.20. The highest BCUT2D eigenvalue weighted by molar-refractivity contribution is 9.10. The van der Waals surface area contributed by atoms with Gasteiger partial charge < -0.3 is 14.5 Å². The van der Waals surface area contributed by atoms with Gasteiger partial charge >= 0.3 is 0 Å². The summed E-state index contributed by atoms with van der Waals surface area (Å²) in [6.07, 6.45) is 0.923. The zero-order valence-corrected chi connectivity index (χ0v) is 19.4. The Hall–Kier alpha value is -2.83. The van der Waals surface area contributed by atoms with Crippen LogP contribution < -0.4 is 10.1 Å². The third-order valence-electron chi connectivity index (χ3n) is 4.83. The van der Waals surface area contributed by atoms with Crippen LogP contribution in [0.4, 0.5) is 5.69 Å². The molecule has 0 fully saturated rings. The van der Waals surface area contributed by atoms with Crippen LogP contribution in [0.2, 0.25) is 5.02 Å². The lowest BCUT2D eigenvalue weighted by Crippen LogP contribution is -2.20. The fraction of sp³-hybridized carbons (Fsp3) is 0.167. The molecule has 158 valence electrons. The van der Waals surface area contributed by atoms with Crippen molar-refractivity contribution in [2.45, 2.75) is 20.3 Å². The van der Waals surface area contributed by atoms with Crippen molar-refractivity contribution in [3.63, 3.8) is 0 Å². The van der Waals surface area contributed by atoms with E-state index in [0.717, 1.165) is 33.1 Å². The normalized spacial score (nSPS) is 11.0. The standard InChI is InChI=1S/C24H20BrClN2O3/c1-3-15-11-19(25)23-21(12-15)28-24(31-23)16-4-6-17(7-5-16)27-22(29)13-30-18-8-9-20(26)14(2)10-18/h4-12H,3,13H2,1-2H3,(H,27,29). The minimum atomic E-state index is -0.252. The summed E-state index contributed by atoms with van der Waals surface area (Å²) in [6, 6.07) is 16.7. The van der Waals surface area contributed by atoms with Crippen molar-refractivity contribution in [1.82, 2.24) is 4.98 Å². The second kappa shape index (κ2) is 9.12. The van der Waals surface area contributed by atoms with Crippen LogP contribution in [0.25, 0.3) is 22.6 Å². The van der Waals surface area contributed by atoms with E-state index in [1.807, 2.05) is 31.2 Å². The first kappa shape index (κ1) is 21.4. The van der Waals surface area contributed by atoms with Crippen LogP contribution in [0.15, 0.2) is 63.5 Å². The second-order valence-electron chi connectivity index (χ2n) is 7.12. The molecule has 0 saturated carbocycles. The molecule has 4 rings (SSSR count). The summed E-state index contributed by atoms with van der Waals surface area (Å²) >= 11 is 9.56. The number of anilines is 1. The summed E-state index contributed by atoms with van der Waals surface area (Å²) in [7, 11) is 0. The Kier molecular flexibility index (Phi) is 6.30. The highest BCUT2D eigenvalue weighted by atomic mass is 79.9. The van der Waals surface area contributed by atoms with Gasteiger partial charge in [-0.3, -0.25) is 4.79 Å². The van der Waals surface area contributed by atoms with E-state index < -0.39 is 0 Å². The number of fused-ring (bicyclic) bond motifs is 1. The van der Waals surface area contributed by atoms with Gasteiger partial charge in [0.2, 0.25) is 5.89 Å². The number of rotatable bonds is 6. The van der Waals surface area contributed by atoms with E-state index in [2.05, 4.69) is 33.2 Å². The smallest absolute Gasteiger partial charge is 0.262 e. The summed E-state index contributed by atoms with van der Waals surface area (Å²) in [6.45, 7) is 3.89. The van der Waals surface area contributed by atoms with Gasteiger partial charge in [0.15, 0.2) is 12.2 Å². The van der Waals surface area contributed by atoms with Crippen LogP contribution in [-0.4, -0.2) is 17.5 Å². The van der Waals surface area contributed by atoms with Crippen molar-refractivity contribution in [2.24, 2.45) is 0 Å². The molecule has 1 heterocycles. The molecule has 0 radical (unpaired) electrons. The van der Waals surface area contributed by atoms with Crippen LogP contribution in [0.1, 0.15) is 18.1 Å². The molecule has 0 spiro atoms. The summed E-state index contributed by atoms with van der Waals surface area (Å²) in [5.74, 6) is 0.877. The number of nitrogens with one attached hydrogen (secondary N) is 1. The van der Waals surface area contributed by atoms with Gasteiger partial charge in [-0.15, -0.1) is 0 Å². The summed E-state index contributed by atoms with van der Waals surface area (Å²) in [5, 5.41) is 3.48. The number of carbonyl (C=O) groups is 1. The number of ether oxygens (including phenoxy) is 1. The van der Waals surface area contributed by atoms with Gasteiger partial charge in [-0.2, -0.15) is 0 Å². The monoisotopic (exact) mass is 498 g/mol. The Morgan fingerprint density at radius 1 is 1.16 bits per heavy atom. The number of carbonyl (C=O) groups excluding carboxylic acids is 1. The van der Waals surface area contributed by atoms with Gasteiger partial charge in [-0.1, -0.05) is 18.5 Å². The molecule has 4 aromatic rings. The molecule has 7 heteroatoms. The van der Waals surface area contributed by atoms with E-state index >= 15 is 0 Å². The lowest BCUT2D eigenvalue weighted by atomic mass is 10.1. The number of amides is 1. The van der Waals surface area contributed by atoms with E-state index in [4.69, 9.17) is 20.8 Å². The average molecular weight is 500 g/mol. The number of oxazole rings is 1. The molecule has 1 amide bonds. The molecular weight excluding hydrogens is 480 g/mol. The van der Waals surface area contributed by atoms with E-state index in [-0.39, 0.29) is 12.5 Å². The third kappa shape index (κ3) is 4.92. The largest absolute Gasteiger partial charge is 0.484 e. The Bertz CT molecular complexity index is 1250. The SMILES string of the molecule is CCc1cc(Br)c2oc(-c3ccc(NC(=O)COc4ccc(Cl)c(C)c4)cc3)nc2c1. The van der Waals surface area contributed by atoms with Gasteiger partial charge in [-0.05, 0) is 95.0 Å². The van der Waals surface area contributed by atoms with Crippen molar-refractivity contribution in [1.29, 1.82) is 0 Å². The van der Waals surface area contributed by atoms with Gasteiger partial charge in [0.25, 0.3) is 5.91 Å². The first-order valence-corrected chi connectivity index (χ1v) is 11.0. The van der Waals surface area contributed by atoms with Gasteiger partial charge in [-0.25, -0.2) is 4.98 Å². The number of aryl methyl sites for hydroxylation is 2. The number of halogens is 2. The van der Waals surface area contributed by atoms with E-state index in [0.29, 0.717) is 22.4 Å². The van der Waals surface area contributed by atoms with Crippen molar-refractivity contribution in [2.75, 3.05) is 11.9 Å². The van der Waals surface area contributed by atoms with Crippen molar-refractivity contribution >= 4 is 50.2 Å². The molecule has 0 aliphatic heterocycles. The topological polar surface area (TPSA) is 64.4 Å². The molecule has 0 saturated heterocycles. The fourth-order valence-electron chi connectivity index (χ4n) is 3.12. The molecule has 31 heavy (non-hydrogen) atoms. The molecule has 0 aliphatic rings. The molecule has 0 aliphatic carbocycles. The maximum atomic E-state index is 12.2. The quantitative estimate of drug-likeness (QED) is 0.317. The number of benzene rings is 3. The van der Waals surface area contributed by atoms with Gasteiger partial charge in [0, 0.05) is 16.3 Å². The van der Waals surface area contributed by atoms with Gasteiger partial charge in [0.1, 0.15) is 11.3 Å². The summed E-state index contributed by atoms with van der Waals surface area (Å²) in [5.41, 5.74) is 5.11. The molecule has 1 aromatic heterocycles. The van der Waals surface area contributed by atoms with Gasteiger partial charge in [0.05, 0.1) is 4.47 Å². The van der Waals surface area contributed by atoms with Crippen LogP contribution >= 0.6 is 27.5 Å². The van der Waals surface area contributed by atoms with E-state index in [1.165, 1.54) is 5.56 Å². The van der Waals surface area contributed by atoms with Crippen molar-refractivity contribution < 1.29 is 13.9 Å². The first-order valence-electron chi connectivity index (χ1n) is 9.81. The second-order valence-corrected chi connectivity index (χ2v) is 8.39. The molecule has 0 atom stereocenters. The highest BCUT2D eigenvalue weighted by Crippen LogP contribution is 2.31. The van der Waals surface area contributed by atoms with E-state index in [1.54, 1.807) is 30.3 Å². The molecule has 3 aromatic carbocycles. The fourth-order valence-corrected chi connectivity index (χ4v) is 3.82. The molecule has 1 N–H and O–H groups in total. The van der Waals surface area contributed by atoms with Crippen LogP contribution in [-0.2, 0) is 11.2 Å². The highest BCUT2D eigenvalue weighted by Gasteiger charge is 2.12. The van der Waals surface area contributed by atoms with Crippen LogP contribution in [0.3, 0.4) is 0 Å². The van der Waals surface area contributed by atoms with Crippen molar-refractivity contribution in [3.05, 3.63) is 75.2 Å². The lowest BCUT2D eigenvalue weighted by molar-refractivity contribution is -0.118. The molecule has 0 unspecified atom stereocenters.